The van der Waals surface area contributed by atoms with Gasteiger partial charge in [0.1, 0.15) is 17.9 Å². The number of aryl methyl sites for hydroxylation is 2. The molecule has 178 valence electrons. The van der Waals surface area contributed by atoms with Crippen LogP contribution >= 0.6 is 0 Å². The number of amides is 1. The molecule has 0 radical (unpaired) electrons. The molecule has 1 atom stereocenters. The molecule has 0 spiro atoms. The Hall–Kier alpha value is -3.90. The molecule has 1 aliphatic heterocycles. The third kappa shape index (κ3) is 4.21. The summed E-state index contributed by atoms with van der Waals surface area (Å²) in [4.78, 5) is 28.7. The fraction of sp³-hybridized carbons (Fsp3) is 0.241. The Morgan fingerprint density at radius 1 is 0.943 bits per heavy atom. The zero-order chi connectivity index (χ0) is 24.5. The van der Waals surface area contributed by atoms with Gasteiger partial charge in [-0.3, -0.25) is 9.59 Å². The molecule has 1 aromatic heterocycles. The van der Waals surface area contributed by atoms with E-state index in [0.717, 1.165) is 22.3 Å². The second-order valence-electron chi connectivity index (χ2n) is 8.84. The second kappa shape index (κ2) is 9.39. The molecule has 4 aromatic rings. The highest BCUT2D eigenvalue weighted by Crippen LogP contribution is 2.38. The van der Waals surface area contributed by atoms with Crippen molar-refractivity contribution in [2.24, 2.45) is 0 Å². The number of benzene rings is 3. The highest BCUT2D eigenvalue weighted by molar-refractivity contribution is 5.99. The van der Waals surface area contributed by atoms with Gasteiger partial charge >= 0.3 is 0 Å². The Morgan fingerprint density at radius 3 is 2.37 bits per heavy atom. The minimum atomic E-state index is -0.557. The number of carbonyl (C=O) groups is 1. The molecule has 5 rings (SSSR count). The van der Waals surface area contributed by atoms with E-state index in [1.807, 2.05) is 80.6 Å². The maximum absolute atomic E-state index is 13.7. The average Bonchev–Trinajstić information content (AvgIpc) is 3.15. The van der Waals surface area contributed by atoms with Gasteiger partial charge in [0.15, 0.2) is 5.43 Å². The van der Waals surface area contributed by atoms with Gasteiger partial charge in [-0.25, -0.2) is 0 Å². The summed E-state index contributed by atoms with van der Waals surface area (Å²) in [7, 11) is 1.59. The lowest BCUT2D eigenvalue weighted by Gasteiger charge is -2.25. The van der Waals surface area contributed by atoms with Gasteiger partial charge in [-0.05, 0) is 60.4 Å². The van der Waals surface area contributed by atoms with Gasteiger partial charge in [0.05, 0.1) is 23.6 Å². The lowest BCUT2D eigenvalue weighted by atomic mass is 9.97. The van der Waals surface area contributed by atoms with Gasteiger partial charge < -0.3 is 18.8 Å². The third-order valence-electron chi connectivity index (χ3n) is 6.56. The number of nitrogens with zero attached hydrogens (tertiary/aromatic N) is 1. The Kier molecular flexibility index (Phi) is 6.14. The van der Waals surface area contributed by atoms with E-state index in [1.165, 1.54) is 0 Å². The molecule has 1 unspecified atom stereocenters. The number of ether oxygens (including phenoxy) is 2. The Labute approximate surface area is 203 Å². The van der Waals surface area contributed by atoms with Crippen LogP contribution in [0.2, 0.25) is 0 Å². The quantitative estimate of drug-likeness (QED) is 0.373. The molecule has 0 bridgehead atoms. The SMILES string of the molecule is COCCN1C(=O)c2oc3cc(C)c(C)cc3c(=O)c2C1c1ccc(OCc2ccccc2)cc1. The maximum atomic E-state index is 13.7. The first-order chi connectivity index (χ1) is 17.0. The summed E-state index contributed by atoms with van der Waals surface area (Å²) in [5, 5.41) is 0.487. The zero-order valence-electron chi connectivity index (χ0n) is 20.0. The summed E-state index contributed by atoms with van der Waals surface area (Å²) in [5.74, 6) is 0.516. The van der Waals surface area contributed by atoms with Crippen LogP contribution in [-0.2, 0) is 11.3 Å². The number of hydrogen-bond donors (Lipinski definition) is 0. The van der Waals surface area contributed by atoms with Gasteiger partial charge in [0.25, 0.3) is 5.91 Å². The van der Waals surface area contributed by atoms with Crippen molar-refractivity contribution < 1.29 is 18.7 Å². The Morgan fingerprint density at radius 2 is 1.66 bits per heavy atom. The largest absolute Gasteiger partial charge is 0.489 e. The van der Waals surface area contributed by atoms with E-state index in [4.69, 9.17) is 13.9 Å². The number of methoxy groups -OCH3 is 1. The van der Waals surface area contributed by atoms with Crippen LogP contribution in [0.4, 0.5) is 0 Å². The van der Waals surface area contributed by atoms with E-state index in [0.29, 0.717) is 42.0 Å². The van der Waals surface area contributed by atoms with Crippen LogP contribution in [0.5, 0.6) is 5.75 Å². The maximum Gasteiger partial charge on any atom is 0.290 e. The van der Waals surface area contributed by atoms with Gasteiger partial charge in [0, 0.05) is 13.7 Å². The molecular formula is C29H27NO5. The number of rotatable bonds is 7. The molecule has 6 heteroatoms. The summed E-state index contributed by atoms with van der Waals surface area (Å²) in [6, 6.07) is 20.6. The molecule has 0 saturated carbocycles. The highest BCUT2D eigenvalue weighted by atomic mass is 16.5. The van der Waals surface area contributed by atoms with Gasteiger partial charge in [-0.2, -0.15) is 0 Å². The van der Waals surface area contributed by atoms with Crippen molar-refractivity contribution in [3.63, 3.8) is 0 Å². The van der Waals surface area contributed by atoms with E-state index in [9.17, 15) is 9.59 Å². The normalized spacial score (nSPS) is 15.0. The number of carbonyl (C=O) groups excluding carboxylic acids is 1. The van der Waals surface area contributed by atoms with Crippen molar-refractivity contribution in [2.45, 2.75) is 26.5 Å². The fourth-order valence-electron chi connectivity index (χ4n) is 4.53. The van der Waals surface area contributed by atoms with Crippen molar-refractivity contribution >= 4 is 16.9 Å². The lowest BCUT2D eigenvalue weighted by molar-refractivity contribution is 0.0663. The molecule has 6 nitrogen and oxygen atoms in total. The van der Waals surface area contributed by atoms with E-state index < -0.39 is 6.04 Å². The first-order valence-electron chi connectivity index (χ1n) is 11.6. The molecule has 0 aliphatic carbocycles. The van der Waals surface area contributed by atoms with Crippen LogP contribution in [0.15, 0.2) is 75.9 Å². The summed E-state index contributed by atoms with van der Waals surface area (Å²) in [5.41, 5.74) is 4.53. The first-order valence-corrected chi connectivity index (χ1v) is 11.6. The van der Waals surface area contributed by atoms with Crippen LogP contribution < -0.4 is 10.2 Å². The van der Waals surface area contributed by atoms with Crippen molar-refractivity contribution in [1.82, 2.24) is 4.90 Å². The van der Waals surface area contributed by atoms with Crippen molar-refractivity contribution in [3.8, 4) is 5.75 Å². The summed E-state index contributed by atoms with van der Waals surface area (Å²) in [6.45, 7) is 5.06. The Balaban J connectivity index is 1.54. The molecule has 35 heavy (non-hydrogen) atoms. The van der Waals surface area contributed by atoms with Crippen molar-refractivity contribution in [1.29, 1.82) is 0 Å². The van der Waals surface area contributed by atoms with Crippen LogP contribution in [0.3, 0.4) is 0 Å². The monoisotopic (exact) mass is 469 g/mol. The predicted octanol–water partition coefficient (Wildman–Crippen LogP) is 5.18. The van der Waals surface area contributed by atoms with Gasteiger partial charge in [-0.15, -0.1) is 0 Å². The highest BCUT2D eigenvalue weighted by Gasteiger charge is 2.42. The number of hydrogen-bond acceptors (Lipinski definition) is 5. The predicted molar refractivity (Wildman–Crippen MR) is 134 cm³/mol. The van der Waals surface area contributed by atoms with E-state index in [1.54, 1.807) is 12.0 Å². The first kappa shape index (κ1) is 22.9. The second-order valence-corrected chi connectivity index (χ2v) is 8.84. The molecule has 0 N–H and O–H groups in total. The van der Waals surface area contributed by atoms with Crippen LogP contribution in [-0.4, -0.2) is 31.1 Å². The van der Waals surface area contributed by atoms with Crippen LogP contribution in [0.25, 0.3) is 11.0 Å². The Bertz CT molecular complexity index is 1440. The molecule has 2 heterocycles. The summed E-state index contributed by atoms with van der Waals surface area (Å²) < 4.78 is 17.2. The molecule has 1 amide bonds. The zero-order valence-corrected chi connectivity index (χ0v) is 20.0. The molecular weight excluding hydrogens is 442 g/mol. The third-order valence-corrected chi connectivity index (χ3v) is 6.56. The van der Waals surface area contributed by atoms with E-state index in [-0.39, 0.29) is 17.1 Å². The van der Waals surface area contributed by atoms with Crippen molar-refractivity contribution in [2.75, 3.05) is 20.3 Å². The fourth-order valence-corrected chi connectivity index (χ4v) is 4.53. The van der Waals surface area contributed by atoms with Crippen molar-refractivity contribution in [3.05, 3.63) is 111 Å². The van der Waals surface area contributed by atoms with Gasteiger partial charge in [-0.1, -0.05) is 42.5 Å². The van der Waals surface area contributed by atoms with Crippen LogP contribution in [0.1, 0.15) is 44.4 Å². The molecule has 3 aromatic carbocycles. The summed E-state index contributed by atoms with van der Waals surface area (Å²) >= 11 is 0. The lowest BCUT2D eigenvalue weighted by Crippen LogP contribution is -2.32. The molecule has 0 saturated heterocycles. The minimum absolute atomic E-state index is 0.108. The average molecular weight is 470 g/mol. The summed E-state index contributed by atoms with van der Waals surface area (Å²) in [6.07, 6.45) is 0. The molecule has 1 aliphatic rings. The smallest absolute Gasteiger partial charge is 0.290 e. The van der Waals surface area contributed by atoms with E-state index >= 15 is 0 Å². The van der Waals surface area contributed by atoms with Crippen LogP contribution in [0, 0.1) is 13.8 Å². The topological polar surface area (TPSA) is 69.0 Å². The standard InChI is InChI=1S/C29H27NO5/c1-18-15-23-24(16-19(18)2)35-28-25(27(23)31)26(30(29(28)32)13-14-33-3)21-9-11-22(12-10-21)34-17-20-7-5-4-6-8-20/h4-12,15-16,26H,13-14,17H2,1-3H3. The molecule has 0 fully saturated rings. The minimum Gasteiger partial charge on any atom is -0.489 e. The number of fused-ring (bicyclic) bond motifs is 2. The van der Waals surface area contributed by atoms with E-state index in [2.05, 4.69) is 0 Å². The van der Waals surface area contributed by atoms with Gasteiger partial charge in [0.2, 0.25) is 5.76 Å².